The van der Waals surface area contributed by atoms with Gasteiger partial charge in [-0.15, -0.1) is 0 Å². The Kier molecular flexibility index (Phi) is 2.76. The minimum absolute atomic E-state index is 0.346. The van der Waals surface area contributed by atoms with Gasteiger partial charge in [-0.25, -0.2) is 0 Å². The number of carbonyl (C=O) groups is 1. The van der Waals surface area contributed by atoms with Crippen LogP contribution in [0.25, 0.3) is 0 Å². The zero-order chi connectivity index (χ0) is 10.8. The Hall–Kier alpha value is -1.31. The van der Waals surface area contributed by atoms with Gasteiger partial charge in [-0.3, -0.25) is 4.79 Å². The van der Waals surface area contributed by atoms with Gasteiger partial charge in [-0.05, 0) is 42.4 Å². The lowest BCUT2D eigenvalue weighted by Crippen LogP contribution is -2.10. The zero-order valence-electron chi connectivity index (χ0n) is 9.07. The van der Waals surface area contributed by atoms with E-state index in [1.54, 1.807) is 0 Å². The van der Waals surface area contributed by atoms with Gasteiger partial charge in [-0.2, -0.15) is 0 Å². The average molecular weight is 203 g/mol. The first-order valence-electron chi connectivity index (χ1n) is 5.56. The van der Waals surface area contributed by atoms with Gasteiger partial charge in [0.1, 0.15) is 0 Å². The zero-order valence-corrected chi connectivity index (χ0v) is 9.07. The van der Waals surface area contributed by atoms with E-state index in [1.165, 1.54) is 24.8 Å². The number of carbonyl (C=O) groups excluding carboxylic acids is 1. The van der Waals surface area contributed by atoms with Crippen LogP contribution in [0.5, 0.6) is 0 Å². The van der Waals surface area contributed by atoms with Crippen molar-refractivity contribution in [3.63, 3.8) is 0 Å². The van der Waals surface area contributed by atoms with Crippen molar-refractivity contribution >= 4 is 5.91 Å². The van der Waals surface area contributed by atoms with Crippen LogP contribution in [0, 0.1) is 5.92 Å². The van der Waals surface area contributed by atoms with Gasteiger partial charge in [0, 0.05) is 5.56 Å². The Morgan fingerprint density at radius 2 is 1.93 bits per heavy atom. The van der Waals surface area contributed by atoms with E-state index in [0.29, 0.717) is 11.5 Å². The van der Waals surface area contributed by atoms with Crippen molar-refractivity contribution in [2.75, 3.05) is 0 Å². The highest BCUT2D eigenvalue weighted by molar-refractivity contribution is 5.92. The van der Waals surface area contributed by atoms with Gasteiger partial charge in [-0.1, -0.05) is 25.5 Å². The summed E-state index contributed by atoms with van der Waals surface area (Å²) in [6, 6.07) is 7.76. The number of hydrogen-bond donors (Lipinski definition) is 1. The third-order valence-electron chi connectivity index (χ3n) is 3.36. The fraction of sp³-hybridized carbons (Fsp3) is 0.462. The molecule has 1 fully saturated rings. The van der Waals surface area contributed by atoms with Crippen LogP contribution >= 0.6 is 0 Å². The second-order valence-electron chi connectivity index (χ2n) is 4.60. The van der Waals surface area contributed by atoms with Crippen molar-refractivity contribution in [2.24, 2.45) is 11.7 Å². The number of hydrogen-bond acceptors (Lipinski definition) is 1. The van der Waals surface area contributed by atoms with E-state index in [9.17, 15) is 4.79 Å². The molecule has 2 nitrogen and oxygen atoms in total. The van der Waals surface area contributed by atoms with Gasteiger partial charge < -0.3 is 5.73 Å². The van der Waals surface area contributed by atoms with Crippen molar-refractivity contribution in [1.29, 1.82) is 0 Å². The van der Waals surface area contributed by atoms with Crippen LogP contribution in [0.15, 0.2) is 24.3 Å². The molecular weight excluding hydrogens is 186 g/mol. The van der Waals surface area contributed by atoms with Crippen molar-refractivity contribution < 1.29 is 4.79 Å². The van der Waals surface area contributed by atoms with Crippen LogP contribution in [-0.2, 0) is 0 Å². The van der Waals surface area contributed by atoms with Crippen LogP contribution in [0.4, 0.5) is 0 Å². The Morgan fingerprint density at radius 1 is 1.27 bits per heavy atom. The molecule has 0 bridgehead atoms. The Morgan fingerprint density at radius 3 is 2.40 bits per heavy atom. The molecule has 15 heavy (non-hydrogen) atoms. The van der Waals surface area contributed by atoms with Crippen LogP contribution < -0.4 is 5.73 Å². The van der Waals surface area contributed by atoms with E-state index in [-0.39, 0.29) is 5.91 Å². The third kappa shape index (κ3) is 2.20. The Balaban J connectivity index is 2.13. The maximum Gasteiger partial charge on any atom is 0.248 e. The first kappa shape index (κ1) is 10.2. The molecule has 1 amide bonds. The topological polar surface area (TPSA) is 43.1 Å². The fourth-order valence-corrected chi connectivity index (χ4v) is 2.43. The maximum absolute atomic E-state index is 10.9. The fourth-order valence-electron chi connectivity index (χ4n) is 2.43. The molecule has 0 heterocycles. The molecule has 1 aliphatic carbocycles. The Bertz CT molecular complexity index is 355. The summed E-state index contributed by atoms with van der Waals surface area (Å²) in [4.78, 5) is 10.9. The lowest BCUT2D eigenvalue weighted by atomic mass is 9.96. The largest absolute Gasteiger partial charge is 0.366 e. The van der Waals surface area contributed by atoms with Crippen molar-refractivity contribution in [3.8, 4) is 0 Å². The normalized spacial score (nSPS) is 25.4. The molecule has 0 saturated heterocycles. The molecule has 0 aromatic heterocycles. The molecule has 80 valence electrons. The summed E-state index contributed by atoms with van der Waals surface area (Å²) in [6.07, 6.45) is 3.87. The second-order valence-corrected chi connectivity index (χ2v) is 4.60. The van der Waals surface area contributed by atoms with Crippen LogP contribution in [0.2, 0.25) is 0 Å². The second kappa shape index (κ2) is 4.05. The molecule has 1 aromatic carbocycles. The molecule has 2 rings (SSSR count). The molecule has 0 radical (unpaired) electrons. The third-order valence-corrected chi connectivity index (χ3v) is 3.36. The van der Waals surface area contributed by atoms with Crippen LogP contribution in [-0.4, -0.2) is 5.91 Å². The lowest BCUT2D eigenvalue weighted by molar-refractivity contribution is 0.100. The van der Waals surface area contributed by atoms with Gasteiger partial charge in [0.15, 0.2) is 0 Å². The highest BCUT2D eigenvalue weighted by atomic mass is 16.1. The molecular formula is C13H17NO. The van der Waals surface area contributed by atoms with Gasteiger partial charge in [0.25, 0.3) is 0 Å². The van der Waals surface area contributed by atoms with Gasteiger partial charge in [0.2, 0.25) is 5.91 Å². The molecule has 2 atom stereocenters. The molecule has 1 saturated carbocycles. The first-order chi connectivity index (χ1) is 7.16. The SMILES string of the molecule is CC1CCC(c2ccc(C(N)=O)cc2)C1. The monoisotopic (exact) mass is 203 g/mol. The van der Waals surface area contributed by atoms with E-state index in [1.807, 2.05) is 24.3 Å². The molecule has 1 aromatic rings. The predicted molar refractivity (Wildman–Crippen MR) is 60.7 cm³/mol. The van der Waals surface area contributed by atoms with Crippen molar-refractivity contribution in [1.82, 2.24) is 0 Å². The predicted octanol–water partition coefficient (Wildman–Crippen LogP) is 2.69. The molecule has 2 unspecified atom stereocenters. The molecule has 0 aliphatic heterocycles. The standard InChI is InChI=1S/C13H17NO/c1-9-2-3-12(8-9)10-4-6-11(7-5-10)13(14)15/h4-7,9,12H,2-3,8H2,1H3,(H2,14,15). The molecule has 1 aliphatic rings. The van der Waals surface area contributed by atoms with Crippen molar-refractivity contribution in [3.05, 3.63) is 35.4 Å². The van der Waals surface area contributed by atoms with Gasteiger partial charge >= 0.3 is 0 Å². The van der Waals surface area contributed by atoms with Gasteiger partial charge in [0.05, 0.1) is 0 Å². The van der Waals surface area contributed by atoms with E-state index in [0.717, 1.165) is 5.92 Å². The summed E-state index contributed by atoms with van der Waals surface area (Å²) < 4.78 is 0. The highest BCUT2D eigenvalue weighted by Gasteiger charge is 2.22. The van der Waals surface area contributed by atoms with Crippen LogP contribution in [0.3, 0.4) is 0 Å². The summed E-state index contributed by atoms with van der Waals surface area (Å²) in [5.41, 5.74) is 7.15. The molecule has 0 spiro atoms. The van der Waals surface area contributed by atoms with Crippen LogP contribution in [0.1, 0.15) is 48.0 Å². The lowest BCUT2D eigenvalue weighted by Gasteiger charge is -2.10. The summed E-state index contributed by atoms with van der Waals surface area (Å²) in [7, 11) is 0. The minimum Gasteiger partial charge on any atom is -0.366 e. The number of primary amides is 1. The summed E-state index contributed by atoms with van der Waals surface area (Å²) in [5, 5.41) is 0. The highest BCUT2D eigenvalue weighted by Crippen LogP contribution is 2.37. The average Bonchev–Trinajstić information content (AvgIpc) is 2.65. The quantitative estimate of drug-likeness (QED) is 0.789. The van der Waals surface area contributed by atoms with Crippen molar-refractivity contribution in [2.45, 2.75) is 32.1 Å². The summed E-state index contributed by atoms with van der Waals surface area (Å²) in [6.45, 7) is 2.30. The van der Waals surface area contributed by atoms with E-state index in [2.05, 4.69) is 6.92 Å². The smallest absolute Gasteiger partial charge is 0.248 e. The number of nitrogens with two attached hydrogens (primary N) is 1. The number of amides is 1. The van der Waals surface area contributed by atoms with E-state index >= 15 is 0 Å². The van der Waals surface area contributed by atoms with E-state index < -0.39 is 0 Å². The van der Waals surface area contributed by atoms with E-state index in [4.69, 9.17) is 5.73 Å². The Labute approximate surface area is 90.5 Å². The molecule has 2 N–H and O–H groups in total. The number of benzene rings is 1. The first-order valence-corrected chi connectivity index (χ1v) is 5.56. The minimum atomic E-state index is -0.346. The number of rotatable bonds is 2. The maximum atomic E-state index is 10.9. The molecule has 2 heteroatoms. The summed E-state index contributed by atoms with van der Waals surface area (Å²) in [5.74, 6) is 1.18. The summed E-state index contributed by atoms with van der Waals surface area (Å²) >= 11 is 0.